The molecule has 1 heterocycles. The molecule has 2 aromatic rings. The highest BCUT2D eigenvalue weighted by Crippen LogP contribution is 2.20. The largest absolute Gasteiger partial charge is 0.462 e. The van der Waals surface area contributed by atoms with E-state index in [1.54, 1.807) is 24.3 Å². The Labute approximate surface area is 135 Å². The number of carbonyl (C=O) groups is 2. The predicted molar refractivity (Wildman–Crippen MR) is 86.7 cm³/mol. The molecule has 23 heavy (non-hydrogen) atoms. The molecule has 2 aromatic carbocycles. The van der Waals surface area contributed by atoms with Crippen molar-refractivity contribution in [1.82, 2.24) is 4.90 Å². The van der Waals surface area contributed by atoms with E-state index < -0.39 is 0 Å². The monoisotopic (exact) mass is 309 g/mol. The highest BCUT2D eigenvalue weighted by atomic mass is 16.5. The van der Waals surface area contributed by atoms with Gasteiger partial charge < -0.3 is 9.64 Å². The molecule has 0 unspecified atom stereocenters. The highest BCUT2D eigenvalue weighted by Gasteiger charge is 2.30. The van der Waals surface area contributed by atoms with E-state index in [2.05, 4.69) is 0 Å². The molecular weight excluding hydrogens is 290 g/mol. The van der Waals surface area contributed by atoms with Crippen molar-refractivity contribution >= 4 is 11.9 Å². The van der Waals surface area contributed by atoms with E-state index in [1.807, 2.05) is 41.3 Å². The first-order chi connectivity index (χ1) is 11.2. The first kappa shape index (κ1) is 15.3. The van der Waals surface area contributed by atoms with Crippen LogP contribution in [0.25, 0.3) is 0 Å². The van der Waals surface area contributed by atoms with E-state index in [9.17, 15) is 9.59 Å². The molecule has 0 N–H and O–H groups in total. The van der Waals surface area contributed by atoms with Crippen LogP contribution in [0.4, 0.5) is 0 Å². The predicted octanol–water partition coefficient (Wildman–Crippen LogP) is 2.89. The summed E-state index contributed by atoms with van der Waals surface area (Å²) in [7, 11) is 0. The molecule has 1 fully saturated rings. The summed E-state index contributed by atoms with van der Waals surface area (Å²) in [6.45, 7) is 1.53. The van der Waals surface area contributed by atoms with Gasteiger partial charge in [0.25, 0.3) is 0 Å². The summed E-state index contributed by atoms with van der Waals surface area (Å²) in [6.07, 6.45) is 0.439. The maximum atomic E-state index is 12.1. The third-order valence-electron chi connectivity index (χ3n) is 3.97. The molecule has 0 aromatic heterocycles. The number of nitrogens with zero attached hydrogens (tertiary/aromatic N) is 1. The van der Waals surface area contributed by atoms with E-state index in [0.29, 0.717) is 25.1 Å². The van der Waals surface area contributed by atoms with Crippen LogP contribution in [0.5, 0.6) is 0 Å². The molecule has 0 bridgehead atoms. The van der Waals surface area contributed by atoms with E-state index in [4.69, 9.17) is 4.74 Å². The van der Waals surface area contributed by atoms with Gasteiger partial charge in [-0.3, -0.25) is 4.79 Å². The zero-order valence-corrected chi connectivity index (χ0v) is 12.9. The number of amides is 1. The Morgan fingerprint density at radius 3 is 2.39 bits per heavy atom. The van der Waals surface area contributed by atoms with Gasteiger partial charge in [-0.2, -0.15) is 0 Å². The van der Waals surface area contributed by atoms with Gasteiger partial charge in [-0.05, 0) is 17.7 Å². The second-order valence-electron chi connectivity index (χ2n) is 5.79. The number of benzene rings is 2. The van der Waals surface area contributed by atoms with Gasteiger partial charge in [0.05, 0.1) is 12.2 Å². The number of rotatable bonds is 5. The van der Waals surface area contributed by atoms with E-state index in [1.165, 1.54) is 0 Å². The van der Waals surface area contributed by atoms with Crippen LogP contribution >= 0.6 is 0 Å². The van der Waals surface area contributed by atoms with Gasteiger partial charge in [0, 0.05) is 25.4 Å². The molecule has 1 saturated heterocycles. The number of hydrogen-bond donors (Lipinski definition) is 0. The van der Waals surface area contributed by atoms with Gasteiger partial charge in [0.2, 0.25) is 5.91 Å². The van der Waals surface area contributed by atoms with Gasteiger partial charge in [-0.25, -0.2) is 4.79 Å². The fraction of sp³-hybridized carbons (Fsp3) is 0.263. The van der Waals surface area contributed by atoms with Crippen LogP contribution in [0.1, 0.15) is 22.3 Å². The lowest BCUT2D eigenvalue weighted by molar-refractivity contribution is -0.128. The molecule has 0 radical (unpaired) electrons. The van der Waals surface area contributed by atoms with Crippen molar-refractivity contribution in [2.45, 2.75) is 13.0 Å². The zero-order valence-electron chi connectivity index (χ0n) is 12.9. The van der Waals surface area contributed by atoms with Crippen molar-refractivity contribution in [3.63, 3.8) is 0 Å². The lowest BCUT2D eigenvalue weighted by Crippen LogP contribution is -2.25. The smallest absolute Gasteiger partial charge is 0.338 e. The van der Waals surface area contributed by atoms with Gasteiger partial charge in [0.1, 0.15) is 0 Å². The zero-order chi connectivity index (χ0) is 16.1. The molecule has 118 valence electrons. The molecule has 0 saturated carbocycles. The molecule has 0 spiro atoms. The van der Waals surface area contributed by atoms with E-state index >= 15 is 0 Å². The number of carbonyl (C=O) groups excluding carboxylic acids is 2. The average molecular weight is 309 g/mol. The van der Waals surface area contributed by atoms with E-state index in [0.717, 1.165) is 5.56 Å². The van der Waals surface area contributed by atoms with Crippen LogP contribution in [0, 0.1) is 5.92 Å². The Morgan fingerprint density at radius 2 is 1.70 bits per heavy atom. The molecule has 1 amide bonds. The molecule has 0 aliphatic carbocycles. The number of likely N-dealkylation sites (tertiary alicyclic amines) is 1. The fourth-order valence-corrected chi connectivity index (χ4v) is 2.77. The summed E-state index contributed by atoms with van der Waals surface area (Å²) in [5.41, 5.74) is 1.65. The van der Waals surface area contributed by atoms with Crippen LogP contribution in [0.3, 0.4) is 0 Å². The number of esters is 1. The van der Waals surface area contributed by atoms with Crippen molar-refractivity contribution in [3.05, 3.63) is 71.8 Å². The summed E-state index contributed by atoms with van der Waals surface area (Å²) in [4.78, 5) is 25.9. The molecule has 4 nitrogen and oxygen atoms in total. The second-order valence-corrected chi connectivity index (χ2v) is 5.79. The summed E-state index contributed by atoms with van der Waals surface area (Å²) >= 11 is 0. The third kappa shape index (κ3) is 3.97. The minimum Gasteiger partial charge on any atom is -0.462 e. The Kier molecular flexibility index (Phi) is 4.71. The van der Waals surface area contributed by atoms with Crippen LogP contribution in [0.2, 0.25) is 0 Å². The van der Waals surface area contributed by atoms with Gasteiger partial charge in [-0.1, -0.05) is 48.5 Å². The standard InChI is InChI=1S/C19H19NO3/c21-18-11-16(13-20(18)12-15-7-3-1-4-8-15)14-23-19(22)17-9-5-2-6-10-17/h1-10,16H,11-14H2/t16-/m1/s1. The van der Waals surface area contributed by atoms with Crippen LogP contribution < -0.4 is 0 Å². The summed E-state index contributed by atoms with van der Waals surface area (Å²) in [6, 6.07) is 18.8. The fourth-order valence-electron chi connectivity index (χ4n) is 2.77. The Bertz CT molecular complexity index is 670. The van der Waals surface area contributed by atoms with Crippen molar-refractivity contribution < 1.29 is 14.3 Å². The van der Waals surface area contributed by atoms with Crippen molar-refractivity contribution in [3.8, 4) is 0 Å². The first-order valence-corrected chi connectivity index (χ1v) is 7.76. The molecule has 3 rings (SSSR count). The average Bonchev–Trinajstić information content (AvgIpc) is 2.94. The third-order valence-corrected chi connectivity index (χ3v) is 3.97. The first-order valence-electron chi connectivity index (χ1n) is 7.76. The molecule has 1 atom stereocenters. The summed E-state index contributed by atoms with van der Waals surface area (Å²) in [5.74, 6) is -0.145. The Morgan fingerprint density at radius 1 is 1.04 bits per heavy atom. The lowest BCUT2D eigenvalue weighted by Gasteiger charge is -2.16. The molecular formula is C19H19NO3. The molecule has 4 heteroatoms. The quantitative estimate of drug-likeness (QED) is 0.798. The summed E-state index contributed by atoms with van der Waals surface area (Å²) in [5, 5.41) is 0. The SMILES string of the molecule is O=C(OC[C@@H]1CC(=O)N(Cc2ccccc2)C1)c1ccccc1. The van der Waals surface area contributed by atoms with Crippen LogP contribution in [0.15, 0.2) is 60.7 Å². The van der Waals surface area contributed by atoms with Crippen molar-refractivity contribution in [2.24, 2.45) is 5.92 Å². The maximum absolute atomic E-state index is 12.1. The van der Waals surface area contributed by atoms with Crippen LogP contribution in [-0.4, -0.2) is 29.9 Å². The lowest BCUT2D eigenvalue weighted by atomic mass is 10.1. The Hall–Kier alpha value is -2.62. The normalized spacial score (nSPS) is 17.3. The Balaban J connectivity index is 1.51. The topological polar surface area (TPSA) is 46.6 Å². The molecule has 1 aliphatic rings. The van der Waals surface area contributed by atoms with E-state index in [-0.39, 0.29) is 24.4 Å². The van der Waals surface area contributed by atoms with Crippen LogP contribution in [-0.2, 0) is 16.1 Å². The van der Waals surface area contributed by atoms with Crippen molar-refractivity contribution in [1.29, 1.82) is 0 Å². The molecule has 1 aliphatic heterocycles. The number of ether oxygens (including phenoxy) is 1. The maximum Gasteiger partial charge on any atom is 0.338 e. The minimum atomic E-state index is -0.334. The minimum absolute atomic E-state index is 0.0684. The number of hydrogen-bond acceptors (Lipinski definition) is 3. The highest BCUT2D eigenvalue weighted by molar-refractivity contribution is 5.89. The van der Waals surface area contributed by atoms with Gasteiger partial charge >= 0.3 is 5.97 Å². The van der Waals surface area contributed by atoms with Gasteiger partial charge in [-0.15, -0.1) is 0 Å². The van der Waals surface area contributed by atoms with Gasteiger partial charge in [0.15, 0.2) is 0 Å². The second kappa shape index (κ2) is 7.09. The van der Waals surface area contributed by atoms with Crippen molar-refractivity contribution in [2.75, 3.05) is 13.2 Å². The summed E-state index contributed by atoms with van der Waals surface area (Å²) < 4.78 is 5.34.